The van der Waals surface area contributed by atoms with Crippen molar-refractivity contribution in [1.82, 2.24) is 4.98 Å². The molecule has 1 aliphatic rings. The highest BCUT2D eigenvalue weighted by molar-refractivity contribution is 8.18. The molecule has 3 rings (SSSR count). The summed E-state index contributed by atoms with van der Waals surface area (Å²) in [5.74, 6) is 0.413. The van der Waals surface area contributed by atoms with Crippen molar-refractivity contribution in [3.63, 3.8) is 0 Å². The molecular weight excluding hydrogens is 244 g/mol. The van der Waals surface area contributed by atoms with E-state index in [-0.39, 0.29) is 5.17 Å². The summed E-state index contributed by atoms with van der Waals surface area (Å²) in [5, 5.41) is 8.77. The number of pyridine rings is 1. The molecule has 0 fully saturated rings. The molecule has 1 aromatic heterocycles. The van der Waals surface area contributed by atoms with Gasteiger partial charge in [0.25, 0.3) is 0 Å². The summed E-state index contributed by atoms with van der Waals surface area (Å²) in [6.45, 7) is 0. The molecule has 18 heavy (non-hydrogen) atoms. The Morgan fingerprint density at radius 2 is 2.17 bits per heavy atom. The van der Waals surface area contributed by atoms with Gasteiger partial charge >= 0.3 is 0 Å². The van der Waals surface area contributed by atoms with Gasteiger partial charge in [-0.25, -0.2) is 4.99 Å². The molecule has 2 aromatic rings. The van der Waals surface area contributed by atoms with Crippen LogP contribution in [0.4, 0.5) is 0 Å². The summed E-state index contributed by atoms with van der Waals surface area (Å²) < 4.78 is 0. The summed E-state index contributed by atoms with van der Waals surface area (Å²) in [6, 6.07) is 9.93. The zero-order valence-electron chi connectivity index (χ0n) is 9.42. The van der Waals surface area contributed by atoms with Crippen molar-refractivity contribution in [1.29, 1.82) is 5.41 Å². The molecule has 2 heterocycles. The Hall–Kier alpha value is -2.14. The van der Waals surface area contributed by atoms with Crippen LogP contribution in [-0.2, 0) is 0 Å². The smallest absolute Gasteiger partial charge is 0.187 e. The van der Waals surface area contributed by atoms with Crippen molar-refractivity contribution < 1.29 is 0 Å². The van der Waals surface area contributed by atoms with Crippen LogP contribution < -0.4 is 5.73 Å². The minimum atomic E-state index is 0.237. The fraction of sp³-hybridized carbons (Fsp3) is 0. The molecule has 0 radical (unpaired) electrons. The lowest BCUT2D eigenvalue weighted by Crippen LogP contribution is -2.08. The van der Waals surface area contributed by atoms with Crippen LogP contribution in [0.2, 0.25) is 0 Å². The fourth-order valence-corrected chi connectivity index (χ4v) is 2.48. The van der Waals surface area contributed by atoms with Crippen LogP contribution in [0, 0.1) is 5.41 Å². The molecule has 0 amide bonds. The lowest BCUT2D eigenvalue weighted by molar-refractivity contribution is 1.41. The van der Waals surface area contributed by atoms with Crippen LogP contribution in [0.15, 0.2) is 46.4 Å². The van der Waals surface area contributed by atoms with Crippen molar-refractivity contribution in [2.45, 2.75) is 0 Å². The van der Waals surface area contributed by atoms with E-state index in [9.17, 15) is 0 Å². The van der Waals surface area contributed by atoms with Gasteiger partial charge in [-0.1, -0.05) is 12.1 Å². The topological polar surface area (TPSA) is 75.1 Å². The molecule has 0 atom stereocenters. The summed E-state index contributed by atoms with van der Waals surface area (Å²) in [5.41, 5.74) is 7.74. The van der Waals surface area contributed by atoms with Crippen molar-refractivity contribution >= 4 is 39.7 Å². The first-order valence-corrected chi connectivity index (χ1v) is 6.21. The van der Waals surface area contributed by atoms with Crippen molar-refractivity contribution in [3.05, 3.63) is 47.0 Å². The molecule has 0 unspecified atom stereocenters. The van der Waals surface area contributed by atoms with Crippen LogP contribution in [-0.4, -0.2) is 16.0 Å². The second-order valence-electron chi connectivity index (χ2n) is 3.87. The first-order chi connectivity index (χ1) is 8.72. The van der Waals surface area contributed by atoms with Crippen molar-refractivity contribution in [3.8, 4) is 0 Å². The van der Waals surface area contributed by atoms with Gasteiger partial charge in [-0.2, -0.15) is 0 Å². The highest BCUT2D eigenvalue weighted by Gasteiger charge is 2.15. The molecule has 88 valence electrons. The standard InChI is InChI=1S/C13H10N4S/c14-12-11(18-13(15)17-12)7-8-3-4-10-9(6-8)2-1-5-16-10/h1-7H,(H3,14,15,17)/b11-7-. The number of hydrogen-bond acceptors (Lipinski definition) is 4. The van der Waals surface area contributed by atoms with Gasteiger partial charge in [0.15, 0.2) is 5.17 Å². The maximum Gasteiger partial charge on any atom is 0.187 e. The molecular formula is C13H10N4S. The third-order valence-corrected chi connectivity index (χ3v) is 3.44. The number of nitrogens with one attached hydrogen (secondary N) is 1. The number of rotatable bonds is 1. The highest BCUT2D eigenvalue weighted by Crippen LogP contribution is 2.27. The lowest BCUT2D eigenvalue weighted by atomic mass is 10.1. The molecule has 0 saturated carbocycles. The SMILES string of the molecule is N=C1N=C(N)/C(=C/c2ccc3ncccc3c2)S1. The maximum atomic E-state index is 7.45. The monoisotopic (exact) mass is 254 g/mol. The van der Waals surface area contributed by atoms with Crippen LogP contribution >= 0.6 is 11.8 Å². The molecule has 0 bridgehead atoms. The molecule has 3 N–H and O–H groups in total. The Bertz CT molecular complexity index is 703. The number of fused-ring (bicyclic) bond motifs is 1. The summed E-state index contributed by atoms with van der Waals surface area (Å²) >= 11 is 1.27. The van der Waals surface area contributed by atoms with Gasteiger partial charge in [-0.05, 0) is 41.6 Å². The second-order valence-corrected chi connectivity index (χ2v) is 4.90. The molecule has 5 heteroatoms. The molecule has 0 saturated heterocycles. The number of hydrogen-bond donors (Lipinski definition) is 2. The average Bonchev–Trinajstić information content (AvgIpc) is 2.68. The number of benzene rings is 1. The molecule has 4 nitrogen and oxygen atoms in total. The Morgan fingerprint density at radius 1 is 1.28 bits per heavy atom. The number of thioether (sulfide) groups is 1. The Morgan fingerprint density at radius 3 is 2.94 bits per heavy atom. The fourth-order valence-electron chi connectivity index (χ4n) is 1.78. The van der Waals surface area contributed by atoms with Gasteiger partial charge in [0.05, 0.1) is 10.4 Å². The second kappa shape index (κ2) is 4.27. The third kappa shape index (κ3) is 2.00. The molecule has 0 spiro atoms. The number of aromatic nitrogens is 1. The number of aliphatic imine (C=N–C) groups is 1. The van der Waals surface area contributed by atoms with Crippen molar-refractivity contribution in [2.24, 2.45) is 10.7 Å². The highest BCUT2D eigenvalue weighted by atomic mass is 32.2. The quantitative estimate of drug-likeness (QED) is 0.821. The van der Waals surface area contributed by atoms with E-state index in [1.165, 1.54) is 11.8 Å². The Labute approximate surface area is 108 Å². The van der Waals surface area contributed by atoms with E-state index in [0.29, 0.717) is 5.84 Å². The molecule has 1 aliphatic heterocycles. The van der Waals surface area contributed by atoms with E-state index in [1.807, 2.05) is 36.4 Å². The zero-order chi connectivity index (χ0) is 12.5. The van der Waals surface area contributed by atoms with Gasteiger partial charge in [0, 0.05) is 11.6 Å². The van der Waals surface area contributed by atoms with Gasteiger partial charge < -0.3 is 5.73 Å². The zero-order valence-corrected chi connectivity index (χ0v) is 10.2. The van der Waals surface area contributed by atoms with Crippen molar-refractivity contribution in [2.75, 3.05) is 0 Å². The van der Waals surface area contributed by atoms with E-state index >= 15 is 0 Å². The largest absolute Gasteiger partial charge is 0.383 e. The number of nitrogens with zero attached hydrogens (tertiary/aromatic N) is 2. The third-order valence-electron chi connectivity index (χ3n) is 2.61. The van der Waals surface area contributed by atoms with E-state index in [0.717, 1.165) is 21.4 Å². The summed E-state index contributed by atoms with van der Waals surface area (Å²) in [6.07, 6.45) is 3.72. The van der Waals surface area contributed by atoms with Crippen LogP contribution in [0.1, 0.15) is 5.56 Å². The lowest BCUT2D eigenvalue weighted by Gasteiger charge is -2.00. The van der Waals surface area contributed by atoms with Gasteiger partial charge in [0.2, 0.25) is 0 Å². The van der Waals surface area contributed by atoms with Crippen LogP contribution in [0.3, 0.4) is 0 Å². The van der Waals surface area contributed by atoms with E-state index in [1.54, 1.807) is 6.20 Å². The van der Waals surface area contributed by atoms with Gasteiger partial charge in [0.1, 0.15) is 5.84 Å². The number of amidine groups is 2. The Kier molecular flexibility index (Phi) is 2.60. The summed E-state index contributed by atoms with van der Waals surface area (Å²) in [7, 11) is 0. The van der Waals surface area contributed by atoms with E-state index in [4.69, 9.17) is 11.1 Å². The minimum absolute atomic E-state index is 0.237. The summed E-state index contributed by atoms with van der Waals surface area (Å²) in [4.78, 5) is 8.98. The van der Waals surface area contributed by atoms with Crippen LogP contribution in [0.5, 0.6) is 0 Å². The van der Waals surface area contributed by atoms with Gasteiger partial charge in [-0.3, -0.25) is 10.4 Å². The minimum Gasteiger partial charge on any atom is -0.383 e. The first-order valence-electron chi connectivity index (χ1n) is 5.40. The van der Waals surface area contributed by atoms with E-state index < -0.39 is 0 Å². The van der Waals surface area contributed by atoms with Crippen LogP contribution in [0.25, 0.3) is 17.0 Å². The molecule has 1 aromatic carbocycles. The average molecular weight is 254 g/mol. The Balaban J connectivity index is 2.03. The first kappa shape index (κ1) is 11.0. The van der Waals surface area contributed by atoms with E-state index in [2.05, 4.69) is 9.98 Å². The predicted molar refractivity (Wildman–Crippen MR) is 76.7 cm³/mol. The molecule has 0 aliphatic carbocycles. The van der Waals surface area contributed by atoms with Gasteiger partial charge in [-0.15, -0.1) is 0 Å². The normalized spacial score (nSPS) is 17.4. The number of nitrogens with two attached hydrogens (primary N) is 1. The maximum absolute atomic E-state index is 7.45. The predicted octanol–water partition coefficient (Wildman–Crippen LogP) is 2.61.